The highest BCUT2D eigenvalue weighted by molar-refractivity contribution is 5.52. The van der Waals surface area contributed by atoms with Gasteiger partial charge in [-0.2, -0.15) is 10.5 Å². The van der Waals surface area contributed by atoms with Crippen LogP contribution in [0.1, 0.15) is 17.9 Å². The highest BCUT2D eigenvalue weighted by Gasteiger charge is 2.57. The van der Waals surface area contributed by atoms with Crippen molar-refractivity contribution in [2.45, 2.75) is 18.3 Å². The second-order valence-corrected chi connectivity index (χ2v) is 4.07. The molecule has 0 aliphatic heterocycles. The fourth-order valence-corrected chi connectivity index (χ4v) is 1.67. The maximum Gasteiger partial charge on any atom is 0.255 e. The maximum absolute atomic E-state index is 12.9. The van der Waals surface area contributed by atoms with E-state index in [1.54, 1.807) is 36.4 Å². The maximum atomic E-state index is 12.9. The summed E-state index contributed by atoms with van der Waals surface area (Å²) in [7, 11) is 0. The normalized spacial score (nSPS) is 19.2. The second kappa shape index (κ2) is 4.46. The number of rotatable bonds is 3. The van der Waals surface area contributed by atoms with Crippen molar-refractivity contribution in [1.82, 2.24) is 0 Å². The molecule has 0 heterocycles. The Kier molecular flexibility index (Phi) is 2.99. The van der Waals surface area contributed by atoms with Gasteiger partial charge in [0.25, 0.3) is 5.92 Å². The SMILES string of the molecule is N#CC(C#N)=CNc1cccc(C2CC2(F)F)c1. The molecule has 0 spiro atoms. The van der Waals surface area contributed by atoms with Gasteiger partial charge in [-0.05, 0) is 17.7 Å². The van der Waals surface area contributed by atoms with Gasteiger partial charge in [0.05, 0.1) is 5.92 Å². The molecule has 90 valence electrons. The Morgan fingerprint density at radius 1 is 1.39 bits per heavy atom. The van der Waals surface area contributed by atoms with E-state index in [0.717, 1.165) is 0 Å². The summed E-state index contributed by atoms with van der Waals surface area (Å²) in [6, 6.07) is 10.0. The van der Waals surface area contributed by atoms with Crippen molar-refractivity contribution in [3.8, 4) is 12.1 Å². The van der Waals surface area contributed by atoms with Gasteiger partial charge in [0.1, 0.15) is 17.7 Å². The number of nitrogens with one attached hydrogen (secondary N) is 1. The molecule has 1 aliphatic carbocycles. The van der Waals surface area contributed by atoms with E-state index in [-0.39, 0.29) is 12.0 Å². The van der Waals surface area contributed by atoms with Gasteiger partial charge in [0.15, 0.2) is 0 Å². The molecule has 0 amide bonds. The number of nitriles is 2. The van der Waals surface area contributed by atoms with Crippen LogP contribution in [-0.4, -0.2) is 5.92 Å². The van der Waals surface area contributed by atoms with Gasteiger partial charge in [-0.3, -0.25) is 0 Å². The molecule has 1 aromatic carbocycles. The Morgan fingerprint density at radius 2 is 2.06 bits per heavy atom. The number of allylic oxidation sites excluding steroid dienone is 1. The molecule has 1 N–H and O–H groups in total. The minimum Gasteiger partial charge on any atom is -0.360 e. The number of hydrogen-bond acceptors (Lipinski definition) is 3. The molecule has 1 saturated carbocycles. The number of benzene rings is 1. The first-order valence-electron chi connectivity index (χ1n) is 5.31. The third-order valence-electron chi connectivity index (χ3n) is 2.74. The minimum absolute atomic E-state index is 0.0721. The molecule has 3 nitrogen and oxygen atoms in total. The average molecular weight is 245 g/mol. The predicted molar refractivity (Wildman–Crippen MR) is 61.7 cm³/mol. The second-order valence-electron chi connectivity index (χ2n) is 4.07. The lowest BCUT2D eigenvalue weighted by molar-refractivity contribution is 0.112. The van der Waals surface area contributed by atoms with E-state index < -0.39 is 11.8 Å². The van der Waals surface area contributed by atoms with Crippen molar-refractivity contribution in [3.05, 3.63) is 41.6 Å². The van der Waals surface area contributed by atoms with Crippen LogP contribution < -0.4 is 5.32 Å². The van der Waals surface area contributed by atoms with Gasteiger partial charge in [-0.15, -0.1) is 0 Å². The van der Waals surface area contributed by atoms with Crippen LogP contribution in [0.15, 0.2) is 36.0 Å². The quantitative estimate of drug-likeness (QED) is 0.832. The Balaban J connectivity index is 2.13. The largest absolute Gasteiger partial charge is 0.360 e. The Labute approximate surface area is 103 Å². The smallest absolute Gasteiger partial charge is 0.255 e. The van der Waals surface area contributed by atoms with Gasteiger partial charge in [-0.1, -0.05) is 12.1 Å². The Morgan fingerprint density at radius 3 is 2.61 bits per heavy atom. The van der Waals surface area contributed by atoms with Gasteiger partial charge < -0.3 is 5.32 Å². The van der Waals surface area contributed by atoms with Crippen LogP contribution in [0.4, 0.5) is 14.5 Å². The number of anilines is 1. The van der Waals surface area contributed by atoms with E-state index >= 15 is 0 Å². The summed E-state index contributed by atoms with van der Waals surface area (Å²) in [6.07, 6.45) is 1.14. The van der Waals surface area contributed by atoms with Crippen molar-refractivity contribution in [1.29, 1.82) is 10.5 Å². The molecular weight excluding hydrogens is 236 g/mol. The lowest BCUT2D eigenvalue weighted by atomic mass is 10.1. The first-order chi connectivity index (χ1) is 8.56. The van der Waals surface area contributed by atoms with Crippen LogP contribution in [0.25, 0.3) is 0 Å². The van der Waals surface area contributed by atoms with Crippen LogP contribution in [0, 0.1) is 22.7 Å². The van der Waals surface area contributed by atoms with Crippen molar-refractivity contribution >= 4 is 5.69 Å². The van der Waals surface area contributed by atoms with Gasteiger partial charge in [-0.25, -0.2) is 8.78 Å². The number of nitrogens with zero attached hydrogens (tertiary/aromatic N) is 2. The fraction of sp³-hybridized carbons (Fsp3) is 0.231. The molecule has 1 aromatic rings. The van der Waals surface area contributed by atoms with E-state index in [2.05, 4.69) is 5.32 Å². The van der Waals surface area contributed by atoms with E-state index in [1.807, 2.05) is 0 Å². The first kappa shape index (κ1) is 12.1. The molecule has 1 aliphatic rings. The molecule has 2 rings (SSSR count). The molecule has 0 aromatic heterocycles. The third kappa shape index (κ3) is 2.46. The number of halogens is 2. The highest BCUT2D eigenvalue weighted by atomic mass is 19.3. The monoisotopic (exact) mass is 245 g/mol. The van der Waals surface area contributed by atoms with E-state index in [1.165, 1.54) is 6.20 Å². The van der Waals surface area contributed by atoms with Crippen LogP contribution in [0.5, 0.6) is 0 Å². The van der Waals surface area contributed by atoms with Crippen LogP contribution >= 0.6 is 0 Å². The highest BCUT2D eigenvalue weighted by Crippen LogP contribution is 2.55. The first-order valence-corrected chi connectivity index (χ1v) is 5.31. The molecule has 0 bridgehead atoms. The number of alkyl halides is 2. The van der Waals surface area contributed by atoms with Crippen LogP contribution in [0.2, 0.25) is 0 Å². The molecule has 18 heavy (non-hydrogen) atoms. The summed E-state index contributed by atoms with van der Waals surface area (Å²) in [5, 5.41) is 19.8. The lowest BCUT2D eigenvalue weighted by Crippen LogP contribution is -1.95. The zero-order valence-electron chi connectivity index (χ0n) is 9.32. The molecule has 0 saturated heterocycles. The lowest BCUT2D eigenvalue weighted by Gasteiger charge is -2.04. The van der Waals surface area contributed by atoms with Gasteiger partial charge in [0, 0.05) is 18.3 Å². The van der Waals surface area contributed by atoms with Gasteiger partial charge >= 0.3 is 0 Å². The van der Waals surface area contributed by atoms with Crippen molar-refractivity contribution in [2.75, 3.05) is 5.32 Å². The minimum atomic E-state index is -2.60. The summed E-state index contributed by atoms with van der Waals surface area (Å²) >= 11 is 0. The van der Waals surface area contributed by atoms with Crippen LogP contribution in [0.3, 0.4) is 0 Å². The van der Waals surface area contributed by atoms with E-state index in [0.29, 0.717) is 11.3 Å². The molecular formula is C13H9F2N3. The topological polar surface area (TPSA) is 59.6 Å². The number of hydrogen-bond donors (Lipinski definition) is 1. The standard InChI is InChI=1S/C13H9F2N3/c14-13(15)5-12(13)10-2-1-3-11(4-10)18-8-9(6-16)7-17/h1-4,8,12,18H,5H2. The fourth-order valence-electron chi connectivity index (χ4n) is 1.67. The van der Waals surface area contributed by atoms with Crippen molar-refractivity contribution in [2.24, 2.45) is 0 Å². The predicted octanol–water partition coefficient (Wildman–Crippen LogP) is 3.15. The molecule has 0 radical (unpaired) electrons. The molecule has 1 atom stereocenters. The van der Waals surface area contributed by atoms with E-state index in [4.69, 9.17) is 10.5 Å². The summed E-state index contributed by atoms with van der Waals surface area (Å²) in [4.78, 5) is 0. The zero-order valence-corrected chi connectivity index (χ0v) is 9.32. The Bertz CT molecular complexity index is 563. The van der Waals surface area contributed by atoms with Crippen molar-refractivity contribution in [3.63, 3.8) is 0 Å². The molecule has 1 fully saturated rings. The summed E-state index contributed by atoms with van der Waals surface area (Å²) < 4.78 is 25.8. The molecule has 1 unspecified atom stereocenters. The molecule has 5 heteroatoms. The van der Waals surface area contributed by atoms with Crippen LogP contribution in [-0.2, 0) is 0 Å². The Hall–Kier alpha value is -2.40. The zero-order chi connectivity index (χ0) is 13.2. The summed E-state index contributed by atoms with van der Waals surface area (Å²) in [5.41, 5.74) is 1.07. The van der Waals surface area contributed by atoms with Gasteiger partial charge in [0.2, 0.25) is 0 Å². The van der Waals surface area contributed by atoms with E-state index in [9.17, 15) is 8.78 Å². The summed E-state index contributed by atoms with van der Waals surface area (Å²) in [5.74, 6) is -3.31. The third-order valence-corrected chi connectivity index (χ3v) is 2.74. The average Bonchev–Trinajstić information content (AvgIpc) is 3.00. The van der Waals surface area contributed by atoms with Crippen molar-refractivity contribution < 1.29 is 8.78 Å². The summed E-state index contributed by atoms with van der Waals surface area (Å²) in [6.45, 7) is 0.